The average molecular weight is 181 g/mol. The number of hydrogen-bond donors (Lipinski definition) is 0. The first-order valence-corrected chi connectivity index (χ1v) is 3.94. The third kappa shape index (κ3) is 2.05. The number of ether oxygens (including phenoxy) is 1. The molecule has 0 fully saturated rings. The molecule has 1 rings (SSSR count). The van der Waals surface area contributed by atoms with E-state index in [4.69, 9.17) is 4.74 Å². The number of halogens is 1. The molecule has 0 N–H and O–H groups in total. The fourth-order valence-electron chi connectivity index (χ4n) is 0.959. The van der Waals surface area contributed by atoms with Gasteiger partial charge in [-0.3, -0.25) is 0 Å². The molecule has 1 aromatic rings. The molecule has 2 nitrogen and oxygen atoms in total. The van der Waals surface area contributed by atoms with E-state index in [1.54, 1.807) is 6.92 Å². The van der Waals surface area contributed by atoms with Crippen LogP contribution >= 0.6 is 0 Å². The van der Waals surface area contributed by atoms with E-state index in [9.17, 15) is 9.18 Å². The van der Waals surface area contributed by atoms with Crippen molar-refractivity contribution >= 4 is 5.97 Å². The minimum Gasteiger partial charge on any atom is -0.462 e. The Hall–Kier alpha value is -1.38. The van der Waals surface area contributed by atoms with E-state index in [0.29, 0.717) is 0 Å². The first-order valence-electron chi connectivity index (χ1n) is 3.94. The molecule has 0 spiro atoms. The highest BCUT2D eigenvalue weighted by Gasteiger charge is 2.11. The Bertz CT molecular complexity index is 321. The van der Waals surface area contributed by atoms with Gasteiger partial charge in [0, 0.05) is 5.56 Å². The van der Waals surface area contributed by atoms with Crippen LogP contribution in [0.5, 0.6) is 0 Å². The molecule has 0 aromatic heterocycles. The van der Waals surface area contributed by atoms with Gasteiger partial charge in [0.25, 0.3) is 0 Å². The van der Waals surface area contributed by atoms with Gasteiger partial charge in [0.1, 0.15) is 5.82 Å². The van der Waals surface area contributed by atoms with Crippen LogP contribution in [0.2, 0.25) is 0 Å². The van der Waals surface area contributed by atoms with Crippen LogP contribution in [-0.4, -0.2) is 12.6 Å². The van der Waals surface area contributed by atoms with E-state index in [0.717, 1.165) is 0 Å². The number of benzene rings is 1. The maximum Gasteiger partial charge on any atom is 0.338 e. The molecule has 0 amide bonds. The van der Waals surface area contributed by atoms with E-state index in [1.807, 2.05) is 0 Å². The van der Waals surface area contributed by atoms with E-state index in [2.05, 4.69) is 6.92 Å². The molecular weight excluding hydrogens is 171 g/mol. The van der Waals surface area contributed by atoms with Crippen LogP contribution in [-0.2, 0) is 4.74 Å². The van der Waals surface area contributed by atoms with Crippen molar-refractivity contribution in [2.75, 3.05) is 6.61 Å². The van der Waals surface area contributed by atoms with Crippen LogP contribution in [0.25, 0.3) is 0 Å². The second kappa shape index (κ2) is 4.03. The molecule has 69 valence electrons. The maximum absolute atomic E-state index is 12.9. The lowest BCUT2D eigenvalue weighted by molar-refractivity contribution is 0.0525. The molecule has 3 heteroatoms. The summed E-state index contributed by atoms with van der Waals surface area (Å²) >= 11 is 0. The Balaban J connectivity index is 3.01. The van der Waals surface area contributed by atoms with E-state index in [1.165, 1.54) is 18.2 Å². The fraction of sp³-hybridized carbons (Fsp3) is 0.200. The number of rotatable bonds is 2. The van der Waals surface area contributed by atoms with Gasteiger partial charge >= 0.3 is 5.97 Å². The topological polar surface area (TPSA) is 26.3 Å². The largest absolute Gasteiger partial charge is 0.462 e. The van der Waals surface area contributed by atoms with E-state index >= 15 is 0 Å². The van der Waals surface area contributed by atoms with Crippen LogP contribution in [0, 0.1) is 12.7 Å². The number of carbonyl (C=O) groups is 1. The predicted octanol–water partition coefficient (Wildman–Crippen LogP) is 2.18. The molecule has 0 aliphatic rings. The number of hydrogen-bond acceptors (Lipinski definition) is 2. The summed E-state index contributed by atoms with van der Waals surface area (Å²) in [4.78, 5) is 11.2. The highest BCUT2D eigenvalue weighted by atomic mass is 19.1. The summed E-state index contributed by atoms with van der Waals surface area (Å²) in [5.41, 5.74) is 0.266. The van der Waals surface area contributed by atoms with Crippen LogP contribution in [0.15, 0.2) is 18.2 Å². The molecule has 0 saturated heterocycles. The van der Waals surface area contributed by atoms with Gasteiger partial charge in [-0.2, -0.15) is 0 Å². The Morgan fingerprint density at radius 1 is 1.62 bits per heavy atom. The minimum atomic E-state index is -0.535. The molecule has 0 aliphatic carbocycles. The molecule has 1 radical (unpaired) electrons. The quantitative estimate of drug-likeness (QED) is 0.653. The predicted molar refractivity (Wildman–Crippen MR) is 46.8 cm³/mol. The van der Waals surface area contributed by atoms with Gasteiger partial charge in [-0.05, 0) is 26.0 Å². The smallest absolute Gasteiger partial charge is 0.338 e. The molecule has 0 unspecified atom stereocenters. The highest BCUT2D eigenvalue weighted by molar-refractivity contribution is 5.91. The van der Waals surface area contributed by atoms with Gasteiger partial charge < -0.3 is 4.74 Å². The SMILES string of the molecule is [CH2]c1c(F)cccc1C(=O)OCC. The van der Waals surface area contributed by atoms with Gasteiger partial charge in [0.15, 0.2) is 0 Å². The molecular formula is C10H10FO2. The third-order valence-corrected chi connectivity index (χ3v) is 1.61. The van der Waals surface area contributed by atoms with Gasteiger partial charge in [0.05, 0.1) is 12.2 Å². The summed E-state index contributed by atoms with van der Waals surface area (Å²) in [6.07, 6.45) is 0. The third-order valence-electron chi connectivity index (χ3n) is 1.61. The number of esters is 1. The normalized spacial score (nSPS) is 9.77. The number of carbonyl (C=O) groups excluding carboxylic acids is 1. The molecule has 0 heterocycles. The van der Waals surface area contributed by atoms with Gasteiger partial charge in [-0.15, -0.1) is 0 Å². The summed E-state index contributed by atoms with van der Waals surface area (Å²) < 4.78 is 17.6. The second-order valence-corrected chi connectivity index (χ2v) is 2.49. The summed E-state index contributed by atoms with van der Waals surface area (Å²) in [6.45, 7) is 5.41. The summed E-state index contributed by atoms with van der Waals surface area (Å²) in [7, 11) is 0. The van der Waals surface area contributed by atoms with Crippen molar-refractivity contribution in [1.82, 2.24) is 0 Å². The zero-order chi connectivity index (χ0) is 9.84. The van der Waals surface area contributed by atoms with Crippen LogP contribution < -0.4 is 0 Å². The van der Waals surface area contributed by atoms with Crippen molar-refractivity contribution in [2.45, 2.75) is 6.92 Å². The molecule has 0 aliphatic heterocycles. The summed E-state index contributed by atoms with van der Waals surface area (Å²) in [5, 5.41) is 0. The van der Waals surface area contributed by atoms with Crippen molar-refractivity contribution in [2.24, 2.45) is 0 Å². The monoisotopic (exact) mass is 181 g/mol. The Morgan fingerprint density at radius 2 is 2.31 bits per heavy atom. The van der Waals surface area contributed by atoms with E-state index < -0.39 is 11.8 Å². The molecule has 0 atom stereocenters. The zero-order valence-corrected chi connectivity index (χ0v) is 7.34. The molecule has 13 heavy (non-hydrogen) atoms. The van der Waals surface area contributed by atoms with Crippen LogP contribution in [0.1, 0.15) is 22.8 Å². The Morgan fingerprint density at radius 3 is 2.92 bits per heavy atom. The first kappa shape index (κ1) is 9.71. The van der Waals surface area contributed by atoms with Crippen molar-refractivity contribution in [3.05, 3.63) is 42.1 Å². The summed E-state index contributed by atoms with van der Waals surface area (Å²) in [5.74, 6) is -1.03. The van der Waals surface area contributed by atoms with Gasteiger partial charge in [-0.25, -0.2) is 9.18 Å². The molecule has 0 saturated carbocycles. The first-order chi connectivity index (χ1) is 6.16. The van der Waals surface area contributed by atoms with Gasteiger partial charge in [-0.1, -0.05) is 6.07 Å². The van der Waals surface area contributed by atoms with Crippen LogP contribution in [0.3, 0.4) is 0 Å². The van der Waals surface area contributed by atoms with Crippen molar-refractivity contribution in [3.8, 4) is 0 Å². The maximum atomic E-state index is 12.9. The van der Waals surface area contributed by atoms with Crippen LogP contribution in [0.4, 0.5) is 4.39 Å². The van der Waals surface area contributed by atoms with Gasteiger partial charge in [0.2, 0.25) is 0 Å². The second-order valence-electron chi connectivity index (χ2n) is 2.49. The Kier molecular flexibility index (Phi) is 3.01. The van der Waals surface area contributed by atoms with E-state index in [-0.39, 0.29) is 17.7 Å². The molecule has 0 bridgehead atoms. The van der Waals surface area contributed by atoms with Crippen molar-refractivity contribution in [3.63, 3.8) is 0 Å². The minimum absolute atomic E-state index is 0.0842. The molecule has 1 aromatic carbocycles. The lowest BCUT2D eigenvalue weighted by Gasteiger charge is -2.04. The van der Waals surface area contributed by atoms with Crippen molar-refractivity contribution in [1.29, 1.82) is 0 Å². The lowest BCUT2D eigenvalue weighted by Crippen LogP contribution is -2.07. The summed E-state index contributed by atoms with van der Waals surface area (Å²) in [6, 6.07) is 4.20. The lowest BCUT2D eigenvalue weighted by atomic mass is 10.1. The zero-order valence-electron chi connectivity index (χ0n) is 7.34. The standard InChI is InChI=1S/C10H10FO2/c1-3-13-10(12)8-5-4-6-9(11)7(8)2/h4-6H,2-3H2,1H3. The average Bonchev–Trinajstić information content (AvgIpc) is 2.10. The fourth-order valence-corrected chi connectivity index (χ4v) is 0.959. The Labute approximate surface area is 76.3 Å². The highest BCUT2D eigenvalue weighted by Crippen LogP contribution is 2.12. The van der Waals surface area contributed by atoms with Crippen molar-refractivity contribution < 1.29 is 13.9 Å².